The predicted molar refractivity (Wildman–Crippen MR) is 102 cm³/mol. The molecule has 1 aliphatic heterocycles. The number of hydrazine groups is 1. The molecule has 0 spiro atoms. The van der Waals surface area contributed by atoms with Crippen molar-refractivity contribution in [2.45, 2.75) is 5.75 Å². The Morgan fingerprint density at radius 3 is 2.48 bits per heavy atom. The zero-order chi connectivity index (χ0) is 16.2. The highest BCUT2D eigenvalue weighted by Gasteiger charge is 2.23. The average molecular weight is 408 g/mol. The minimum absolute atomic E-state index is 0.452. The monoisotopic (exact) mass is 407 g/mol. The van der Waals surface area contributed by atoms with Crippen LogP contribution in [0.5, 0.6) is 0 Å². The van der Waals surface area contributed by atoms with Crippen molar-refractivity contribution in [1.82, 2.24) is 10.9 Å². The van der Waals surface area contributed by atoms with E-state index in [1.807, 2.05) is 59.5 Å². The molecule has 2 N–H and O–H groups in total. The Kier molecular flexibility index (Phi) is 5.09. The van der Waals surface area contributed by atoms with Gasteiger partial charge < -0.3 is 0 Å². The summed E-state index contributed by atoms with van der Waals surface area (Å²) in [7, 11) is -1.16. The molecule has 1 unspecified atom stereocenters. The lowest BCUT2D eigenvalue weighted by Crippen LogP contribution is -2.27. The van der Waals surface area contributed by atoms with Crippen LogP contribution in [-0.4, -0.2) is 9.32 Å². The Bertz CT molecular complexity index is 763. The van der Waals surface area contributed by atoms with Crippen molar-refractivity contribution in [3.63, 3.8) is 0 Å². The van der Waals surface area contributed by atoms with E-state index in [1.54, 1.807) is 5.41 Å². The molecule has 1 heterocycles. The molecule has 0 aliphatic carbocycles. The van der Waals surface area contributed by atoms with Crippen molar-refractivity contribution in [3.05, 3.63) is 75.9 Å². The summed E-state index contributed by atoms with van der Waals surface area (Å²) < 4.78 is 13.4. The predicted octanol–water partition coefficient (Wildman–Crippen LogP) is 3.40. The Morgan fingerprint density at radius 2 is 1.78 bits per heavy atom. The summed E-state index contributed by atoms with van der Waals surface area (Å²) in [5.74, 6) is 1.13. The molecule has 1 aliphatic rings. The molecule has 0 saturated carbocycles. The van der Waals surface area contributed by atoms with Gasteiger partial charge >= 0.3 is 0 Å². The quantitative estimate of drug-likeness (QED) is 0.760. The van der Waals surface area contributed by atoms with Gasteiger partial charge in [0.2, 0.25) is 0 Å². The largest absolute Gasteiger partial charge is 0.283 e. The van der Waals surface area contributed by atoms with Crippen molar-refractivity contribution in [2.24, 2.45) is 0 Å². The van der Waals surface area contributed by atoms with Crippen LogP contribution in [0.25, 0.3) is 0 Å². The Balaban J connectivity index is 1.78. The highest BCUT2D eigenvalue weighted by atomic mass is 79.9. The molecular formula is C16H14BrN3OS2. The van der Waals surface area contributed by atoms with Gasteiger partial charge in [-0.15, -0.1) is 0 Å². The van der Waals surface area contributed by atoms with E-state index in [9.17, 15) is 4.21 Å². The molecule has 118 valence electrons. The van der Waals surface area contributed by atoms with Gasteiger partial charge in [-0.3, -0.25) is 20.0 Å². The van der Waals surface area contributed by atoms with Crippen LogP contribution in [0.3, 0.4) is 0 Å². The fraction of sp³-hybridized carbons (Fsp3) is 0.0625. The smallest absolute Gasteiger partial charge is 0.198 e. The number of hydrogen-bond acceptors (Lipinski definition) is 3. The molecule has 0 radical (unpaired) electrons. The third-order valence-electron chi connectivity index (χ3n) is 3.22. The van der Waals surface area contributed by atoms with Crippen molar-refractivity contribution < 1.29 is 4.21 Å². The number of anilines is 1. The first-order valence-corrected chi connectivity index (χ1v) is 9.46. The first-order valence-electron chi connectivity index (χ1n) is 6.88. The van der Waals surface area contributed by atoms with Gasteiger partial charge in [0.05, 0.1) is 16.6 Å². The topological polar surface area (TPSA) is 44.4 Å². The van der Waals surface area contributed by atoms with E-state index in [4.69, 9.17) is 12.2 Å². The lowest BCUT2D eigenvalue weighted by Gasteiger charge is -2.16. The van der Waals surface area contributed by atoms with Crippen LogP contribution >= 0.6 is 28.1 Å². The molecule has 0 aromatic heterocycles. The number of halogens is 1. The lowest BCUT2D eigenvalue weighted by atomic mass is 10.2. The summed E-state index contributed by atoms with van der Waals surface area (Å²) in [6.45, 7) is 0. The van der Waals surface area contributed by atoms with E-state index in [2.05, 4.69) is 26.8 Å². The van der Waals surface area contributed by atoms with Crippen molar-refractivity contribution in [1.29, 1.82) is 0 Å². The van der Waals surface area contributed by atoms with E-state index < -0.39 is 10.8 Å². The first-order chi connectivity index (χ1) is 11.1. The van der Waals surface area contributed by atoms with Crippen LogP contribution in [0.1, 0.15) is 5.56 Å². The number of nitrogens with zero attached hydrogens (tertiary/aromatic N) is 1. The maximum atomic E-state index is 12.4. The zero-order valence-electron chi connectivity index (χ0n) is 12.0. The molecular weight excluding hydrogens is 394 g/mol. The standard InChI is InChI=1S/C16H14BrN3OS2/c17-13-8-6-12(7-9-13)10-23(21)11-15-18-19-16(22)20(15)14-4-2-1-3-5-14/h1-9,11,18H,10H2,(H,19,22). The SMILES string of the molecule is O=S(C=C1NNC(=S)N1c1ccccc1)Cc1ccc(Br)cc1. The molecule has 1 saturated heterocycles. The fourth-order valence-corrected chi connectivity index (χ4v) is 3.70. The van der Waals surface area contributed by atoms with Crippen LogP contribution in [0.4, 0.5) is 5.69 Å². The van der Waals surface area contributed by atoms with Gasteiger partial charge in [0.1, 0.15) is 5.82 Å². The Hall–Kier alpha value is -1.70. The van der Waals surface area contributed by atoms with Crippen LogP contribution in [-0.2, 0) is 16.6 Å². The molecule has 0 amide bonds. The fourth-order valence-electron chi connectivity index (χ4n) is 2.17. The van der Waals surface area contributed by atoms with E-state index in [0.717, 1.165) is 15.7 Å². The highest BCUT2D eigenvalue weighted by molar-refractivity contribution is 9.10. The Morgan fingerprint density at radius 1 is 1.09 bits per heavy atom. The van der Waals surface area contributed by atoms with Crippen molar-refractivity contribution >= 4 is 49.7 Å². The van der Waals surface area contributed by atoms with Crippen molar-refractivity contribution in [2.75, 3.05) is 4.90 Å². The second-order valence-electron chi connectivity index (χ2n) is 4.88. The zero-order valence-corrected chi connectivity index (χ0v) is 15.2. The van der Waals surface area contributed by atoms with Gasteiger partial charge in [0, 0.05) is 15.6 Å². The normalized spacial score (nSPS) is 17.0. The maximum absolute atomic E-state index is 12.4. The maximum Gasteiger partial charge on any atom is 0.198 e. The molecule has 2 aromatic rings. The molecule has 4 nitrogen and oxygen atoms in total. The summed E-state index contributed by atoms with van der Waals surface area (Å²) in [4.78, 5) is 1.83. The third-order valence-corrected chi connectivity index (χ3v) is 5.14. The summed E-state index contributed by atoms with van der Waals surface area (Å²) in [5, 5.41) is 2.21. The molecule has 3 rings (SSSR count). The van der Waals surface area contributed by atoms with E-state index in [1.165, 1.54) is 0 Å². The summed E-state index contributed by atoms with van der Waals surface area (Å²) >= 11 is 8.70. The number of hydrogen-bond donors (Lipinski definition) is 2. The molecule has 1 fully saturated rings. The van der Waals surface area contributed by atoms with Gasteiger partial charge in [-0.2, -0.15) is 0 Å². The molecule has 0 bridgehead atoms. The molecule has 23 heavy (non-hydrogen) atoms. The first kappa shape index (κ1) is 16.2. The third kappa shape index (κ3) is 3.99. The van der Waals surface area contributed by atoms with Gasteiger partial charge in [0.15, 0.2) is 5.11 Å². The van der Waals surface area contributed by atoms with Crippen molar-refractivity contribution in [3.8, 4) is 0 Å². The summed E-state index contributed by atoms with van der Waals surface area (Å²) in [6, 6.07) is 17.5. The number of para-hydroxylation sites is 1. The minimum Gasteiger partial charge on any atom is -0.283 e. The lowest BCUT2D eigenvalue weighted by molar-refractivity contribution is 0.687. The van der Waals surface area contributed by atoms with Gasteiger partial charge in [-0.05, 0) is 42.0 Å². The molecule has 2 aromatic carbocycles. The van der Waals surface area contributed by atoms with Crippen LogP contribution in [0, 0.1) is 0 Å². The number of rotatable bonds is 4. The average Bonchev–Trinajstić information content (AvgIpc) is 2.91. The van der Waals surface area contributed by atoms with E-state index in [-0.39, 0.29) is 0 Å². The van der Waals surface area contributed by atoms with Crippen LogP contribution in [0.15, 0.2) is 70.3 Å². The molecule has 7 heteroatoms. The van der Waals surface area contributed by atoms with E-state index >= 15 is 0 Å². The van der Waals surface area contributed by atoms with Gasteiger partial charge in [-0.25, -0.2) is 0 Å². The Labute approximate surface area is 151 Å². The highest BCUT2D eigenvalue weighted by Crippen LogP contribution is 2.21. The number of thiocarbonyl (C=S) groups is 1. The van der Waals surface area contributed by atoms with Gasteiger partial charge in [0.25, 0.3) is 0 Å². The number of nitrogens with one attached hydrogen (secondary N) is 2. The second kappa shape index (κ2) is 7.25. The summed E-state index contributed by atoms with van der Waals surface area (Å²) in [6.07, 6.45) is 0. The summed E-state index contributed by atoms with van der Waals surface area (Å²) in [5.41, 5.74) is 7.80. The molecule has 1 atom stereocenters. The minimum atomic E-state index is -1.16. The van der Waals surface area contributed by atoms with E-state index in [0.29, 0.717) is 16.7 Å². The van der Waals surface area contributed by atoms with Gasteiger partial charge in [-0.1, -0.05) is 46.3 Å². The van der Waals surface area contributed by atoms with Crippen LogP contribution < -0.4 is 15.8 Å². The number of benzene rings is 2. The van der Waals surface area contributed by atoms with Crippen LogP contribution in [0.2, 0.25) is 0 Å². The second-order valence-corrected chi connectivity index (χ2v) is 7.47.